The molecule has 0 atom stereocenters. The lowest BCUT2D eigenvalue weighted by atomic mass is 10.1. The Morgan fingerprint density at radius 1 is 1.26 bits per heavy atom. The Morgan fingerprint density at radius 3 is 2.91 bits per heavy atom. The van der Waals surface area contributed by atoms with Gasteiger partial charge in [0, 0.05) is 18.5 Å². The van der Waals surface area contributed by atoms with Gasteiger partial charge in [-0.05, 0) is 49.2 Å². The van der Waals surface area contributed by atoms with E-state index in [0.717, 1.165) is 34.7 Å². The Morgan fingerprint density at radius 2 is 2.13 bits per heavy atom. The van der Waals surface area contributed by atoms with E-state index in [1.807, 2.05) is 23.6 Å². The third-order valence-electron chi connectivity index (χ3n) is 3.77. The third-order valence-corrected chi connectivity index (χ3v) is 5.69. The summed E-state index contributed by atoms with van der Waals surface area (Å²) in [4.78, 5) is 23.7. The van der Waals surface area contributed by atoms with E-state index in [2.05, 4.69) is 14.9 Å². The van der Waals surface area contributed by atoms with Gasteiger partial charge in [0.15, 0.2) is 15.9 Å². The lowest BCUT2D eigenvalue weighted by molar-refractivity contribution is -0.113. The lowest BCUT2D eigenvalue weighted by Gasteiger charge is -2.27. The van der Waals surface area contributed by atoms with E-state index < -0.39 is 0 Å². The number of hydrogen-bond donors (Lipinski definition) is 0. The summed E-state index contributed by atoms with van der Waals surface area (Å²) in [6, 6.07) is 3.72. The molecule has 4 heterocycles. The minimum absolute atomic E-state index is 0.164. The van der Waals surface area contributed by atoms with Gasteiger partial charge in [-0.3, -0.25) is 4.79 Å². The Bertz CT molecular complexity index is 771. The Hall–Kier alpha value is -1.86. The number of hydrogen-bond acceptors (Lipinski definition) is 6. The average molecular weight is 345 g/mol. The molecule has 4 rings (SSSR count). The number of amides is 1. The molecule has 2 aromatic heterocycles. The van der Waals surface area contributed by atoms with E-state index in [9.17, 15) is 4.79 Å². The first-order valence-corrected chi connectivity index (χ1v) is 9.26. The van der Waals surface area contributed by atoms with E-state index >= 15 is 0 Å². The molecule has 7 heteroatoms. The smallest absolute Gasteiger partial charge is 0.286 e. The fraction of sp³-hybridized carbons (Fsp3) is 0.312. The highest BCUT2D eigenvalue weighted by atomic mass is 32.2. The van der Waals surface area contributed by atoms with E-state index in [-0.39, 0.29) is 5.91 Å². The van der Waals surface area contributed by atoms with Crippen molar-refractivity contribution in [1.29, 1.82) is 0 Å². The van der Waals surface area contributed by atoms with Gasteiger partial charge < -0.3 is 9.32 Å². The largest absolute Gasteiger partial charge is 0.462 e. The summed E-state index contributed by atoms with van der Waals surface area (Å²) in [5.41, 5.74) is 0.771. The van der Waals surface area contributed by atoms with Gasteiger partial charge in [-0.1, -0.05) is 0 Å². The number of furan rings is 1. The maximum atomic E-state index is 12.1. The van der Waals surface area contributed by atoms with E-state index in [4.69, 9.17) is 4.42 Å². The highest BCUT2D eigenvalue weighted by Crippen LogP contribution is 2.32. The molecular weight excluding hydrogens is 330 g/mol. The van der Waals surface area contributed by atoms with Crippen LogP contribution in [0.15, 0.2) is 38.1 Å². The molecule has 2 aliphatic heterocycles. The maximum Gasteiger partial charge on any atom is 0.286 e. The van der Waals surface area contributed by atoms with Crippen molar-refractivity contribution >= 4 is 40.2 Å². The van der Waals surface area contributed by atoms with Crippen LogP contribution in [0.5, 0.6) is 0 Å². The second-order valence-electron chi connectivity index (χ2n) is 5.41. The van der Waals surface area contributed by atoms with Crippen LogP contribution < -0.4 is 0 Å². The number of nitrogens with zero attached hydrogens (tertiary/aromatic N) is 3. The van der Waals surface area contributed by atoms with Crippen LogP contribution in [-0.4, -0.2) is 34.0 Å². The SMILES string of the molecule is O=C1N=C(N2CCCCC2)S/C1=C\c1csc(-c2ccco2)n1. The molecular formula is C16H15N3O2S2. The van der Waals surface area contributed by atoms with Gasteiger partial charge in [0.05, 0.1) is 16.9 Å². The first-order chi connectivity index (χ1) is 11.3. The third kappa shape index (κ3) is 3.11. The zero-order valence-electron chi connectivity index (χ0n) is 12.4. The van der Waals surface area contributed by atoms with Crippen LogP contribution in [0.4, 0.5) is 0 Å². The van der Waals surface area contributed by atoms with Crippen LogP contribution in [0, 0.1) is 0 Å². The van der Waals surface area contributed by atoms with E-state index in [1.54, 1.807) is 6.26 Å². The quantitative estimate of drug-likeness (QED) is 0.774. The summed E-state index contributed by atoms with van der Waals surface area (Å²) in [5.74, 6) is 0.582. The molecule has 0 saturated carbocycles. The van der Waals surface area contributed by atoms with Crippen molar-refractivity contribution in [3.05, 3.63) is 34.4 Å². The number of carbonyl (C=O) groups is 1. The van der Waals surface area contributed by atoms with Crippen molar-refractivity contribution in [2.75, 3.05) is 13.1 Å². The van der Waals surface area contributed by atoms with Gasteiger partial charge in [-0.2, -0.15) is 4.99 Å². The zero-order chi connectivity index (χ0) is 15.6. The summed E-state index contributed by atoms with van der Waals surface area (Å²) in [6.45, 7) is 1.98. The van der Waals surface area contributed by atoms with Crippen LogP contribution in [0.1, 0.15) is 25.0 Å². The van der Waals surface area contributed by atoms with Gasteiger partial charge in [-0.25, -0.2) is 4.98 Å². The zero-order valence-corrected chi connectivity index (χ0v) is 14.0. The highest BCUT2D eigenvalue weighted by Gasteiger charge is 2.27. The summed E-state index contributed by atoms with van der Waals surface area (Å²) in [7, 11) is 0. The topological polar surface area (TPSA) is 58.7 Å². The normalized spacial score (nSPS) is 20.3. The van der Waals surface area contributed by atoms with Gasteiger partial charge >= 0.3 is 0 Å². The predicted octanol–water partition coefficient (Wildman–Crippen LogP) is 3.86. The monoisotopic (exact) mass is 345 g/mol. The standard InChI is InChI=1S/C16H15N3O2S2/c20-14-13(23-16(18-14)19-6-2-1-3-7-19)9-11-10-22-15(17-11)12-5-4-8-21-12/h4-5,8-10H,1-3,6-7H2/b13-9-. The minimum Gasteiger partial charge on any atom is -0.462 e. The summed E-state index contributed by atoms with van der Waals surface area (Å²) < 4.78 is 5.35. The molecule has 1 amide bonds. The van der Waals surface area contributed by atoms with Crippen molar-refractivity contribution in [3.8, 4) is 10.8 Å². The molecule has 1 saturated heterocycles. The minimum atomic E-state index is -0.164. The Kier molecular flexibility index (Phi) is 4.05. The van der Waals surface area contributed by atoms with Crippen LogP contribution in [0.25, 0.3) is 16.8 Å². The Labute approximate surface area is 142 Å². The van der Waals surface area contributed by atoms with Gasteiger partial charge in [-0.15, -0.1) is 11.3 Å². The molecule has 0 unspecified atom stereocenters. The second kappa shape index (κ2) is 6.33. The number of thioether (sulfide) groups is 1. The van der Waals surface area contributed by atoms with Gasteiger partial charge in [0.2, 0.25) is 0 Å². The summed E-state index contributed by atoms with van der Waals surface area (Å²) in [6.07, 6.45) is 7.05. The number of likely N-dealkylation sites (tertiary alicyclic amines) is 1. The first kappa shape index (κ1) is 14.7. The molecule has 2 aromatic rings. The molecule has 5 nitrogen and oxygen atoms in total. The lowest BCUT2D eigenvalue weighted by Crippen LogP contribution is -2.33. The van der Waals surface area contributed by atoms with Crippen molar-refractivity contribution in [2.45, 2.75) is 19.3 Å². The number of amidine groups is 1. The van der Waals surface area contributed by atoms with Crippen LogP contribution in [0.2, 0.25) is 0 Å². The summed E-state index contributed by atoms with van der Waals surface area (Å²) >= 11 is 2.96. The molecule has 0 aromatic carbocycles. The number of thiazole rings is 1. The van der Waals surface area contributed by atoms with Crippen molar-refractivity contribution < 1.29 is 9.21 Å². The van der Waals surface area contributed by atoms with Crippen molar-refractivity contribution in [1.82, 2.24) is 9.88 Å². The molecule has 0 bridgehead atoms. The number of aromatic nitrogens is 1. The molecule has 0 radical (unpaired) electrons. The number of aliphatic imine (C=N–C) groups is 1. The average Bonchev–Trinajstić information content (AvgIpc) is 3.30. The fourth-order valence-corrected chi connectivity index (χ4v) is 4.31. The van der Waals surface area contributed by atoms with Crippen LogP contribution in [-0.2, 0) is 4.79 Å². The van der Waals surface area contributed by atoms with Crippen molar-refractivity contribution in [2.24, 2.45) is 4.99 Å². The highest BCUT2D eigenvalue weighted by molar-refractivity contribution is 8.18. The molecule has 0 spiro atoms. The molecule has 23 heavy (non-hydrogen) atoms. The fourth-order valence-electron chi connectivity index (χ4n) is 2.62. The Balaban J connectivity index is 1.50. The maximum absolute atomic E-state index is 12.1. The number of piperidine rings is 1. The molecule has 1 fully saturated rings. The number of rotatable bonds is 2. The van der Waals surface area contributed by atoms with Gasteiger partial charge in [0.25, 0.3) is 5.91 Å². The van der Waals surface area contributed by atoms with Gasteiger partial charge in [0.1, 0.15) is 0 Å². The van der Waals surface area contributed by atoms with Crippen LogP contribution in [0.3, 0.4) is 0 Å². The number of carbonyl (C=O) groups excluding carboxylic acids is 1. The second-order valence-corrected chi connectivity index (χ2v) is 7.28. The first-order valence-electron chi connectivity index (χ1n) is 7.56. The van der Waals surface area contributed by atoms with E-state index in [1.165, 1.54) is 42.4 Å². The predicted molar refractivity (Wildman–Crippen MR) is 93.3 cm³/mol. The molecule has 0 aliphatic carbocycles. The summed E-state index contributed by atoms with van der Waals surface area (Å²) in [5, 5.41) is 3.58. The van der Waals surface area contributed by atoms with Crippen molar-refractivity contribution in [3.63, 3.8) is 0 Å². The molecule has 0 N–H and O–H groups in total. The van der Waals surface area contributed by atoms with Crippen LogP contribution >= 0.6 is 23.1 Å². The molecule has 2 aliphatic rings. The van der Waals surface area contributed by atoms with E-state index in [0.29, 0.717) is 4.91 Å². The molecule has 118 valence electrons.